The Bertz CT molecular complexity index is 260. The zero-order valence-corrected chi connectivity index (χ0v) is 7.36. The summed E-state index contributed by atoms with van der Waals surface area (Å²) in [6.07, 6.45) is 6.01. The van der Waals surface area contributed by atoms with Gasteiger partial charge >= 0.3 is 0 Å². The van der Waals surface area contributed by atoms with E-state index in [0.717, 1.165) is 0 Å². The van der Waals surface area contributed by atoms with Crippen LogP contribution in [-0.4, -0.2) is 0 Å². The molecule has 58 valence electrons. The van der Waals surface area contributed by atoms with Crippen molar-refractivity contribution in [2.24, 2.45) is 0 Å². The maximum Gasteiger partial charge on any atom is 0.0146 e. The quantitative estimate of drug-likeness (QED) is 0.558. The Hall–Kier alpha value is -0.560. The largest absolute Gasteiger partial charge is 0.148 e. The molecule has 0 amide bonds. The summed E-state index contributed by atoms with van der Waals surface area (Å²) < 4.78 is 0. The van der Waals surface area contributed by atoms with Gasteiger partial charge < -0.3 is 0 Å². The molecule has 1 aliphatic carbocycles. The van der Waals surface area contributed by atoms with E-state index in [-0.39, 0.29) is 0 Å². The minimum atomic E-state index is 0.652. The SMILES string of the molecule is C=C[C@@H]1CCCc2ccsc21. The van der Waals surface area contributed by atoms with E-state index in [1.807, 2.05) is 11.3 Å². The third-order valence-corrected chi connectivity index (χ3v) is 3.45. The fourth-order valence-corrected chi connectivity index (χ4v) is 2.84. The minimum Gasteiger partial charge on any atom is -0.148 e. The first-order valence-electron chi connectivity index (χ1n) is 4.10. The highest BCUT2D eigenvalue weighted by Crippen LogP contribution is 2.35. The van der Waals surface area contributed by atoms with Gasteiger partial charge in [0.15, 0.2) is 0 Å². The third-order valence-electron chi connectivity index (χ3n) is 2.36. The minimum absolute atomic E-state index is 0.652. The van der Waals surface area contributed by atoms with E-state index in [1.54, 1.807) is 10.4 Å². The lowest BCUT2D eigenvalue weighted by molar-refractivity contribution is 0.641. The maximum absolute atomic E-state index is 3.87. The van der Waals surface area contributed by atoms with Gasteiger partial charge in [0.2, 0.25) is 0 Å². The van der Waals surface area contributed by atoms with Crippen LogP contribution in [-0.2, 0) is 6.42 Å². The molecule has 0 spiro atoms. The standard InChI is InChI=1S/C10H12S/c1-2-8-4-3-5-9-6-7-11-10(8)9/h2,6-8H,1,3-5H2/t8-/m1/s1. The first-order valence-corrected chi connectivity index (χ1v) is 4.98. The molecule has 0 unspecified atom stereocenters. The lowest BCUT2D eigenvalue weighted by Gasteiger charge is -2.18. The molecule has 0 nitrogen and oxygen atoms in total. The monoisotopic (exact) mass is 164 g/mol. The number of hydrogen-bond donors (Lipinski definition) is 0. The van der Waals surface area contributed by atoms with Crippen molar-refractivity contribution < 1.29 is 0 Å². The molecule has 0 saturated heterocycles. The number of thiophene rings is 1. The highest BCUT2D eigenvalue weighted by atomic mass is 32.1. The zero-order chi connectivity index (χ0) is 7.68. The van der Waals surface area contributed by atoms with Crippen LogP contribution in [0.2, 0.25) is 0 Å². The fourth-order valence-electron chi connectivity index (χ4n) is 1.75. The van der Waals surface area contributed by atoms with Crippen molar-refractivity contribution in [3.63, 3.8) is 0 Å². The highest BCUT2D eigenvalue weighted by molar-refractivity contribution is 7.10. The third kappa shape index (κ3) is 1.14. The molecular formula is C10H12S. The van der Waals surface area contributed by atoms with Crippen molar-refractivity contribution in [3.8, 4) is 0 Å². The van der Waals surface area contributed by atoms with Crippen LogP contribution in [0.4, 0.5) is 0 Å². The maximum atomic E-state index is 3.87. The molecule has 0 aliphatic heterocycles. The normalized spacial score (nSPS) is 22.7. The zero-order valence-electron chi connectivity index (χ0n) is 6.55. The van der Waals surface area contributed by atoms with Gasteiger partial charge in [-0.05, 0) is 36.3 Å². The van der Waals surface area contributed by atoms with Crippen LogP contribution < -0.4 is 0 Å². The van der Waals surface area contributed by atoms with Crippen molar-refractivity contribution >= 4 is 11.3 Å². The molecule has 0 aromatic carbocycles. The summed E-state index contributed by atoms with van der Waals surface area (Å²) in [6, 6.07) is 2.26. The van der Waals surface area contributed by atoms with Crippen molar-refractivity contribution in [2.45, 2.75) is 25.2 Å². The van der Waals surface area contributed by atoms with Crippen molar-refractivity contribution in [1.82, 2.24) is 0 Å². The summed E-state index contributed by atoms with van der Waals surface area (Å²) in [7, 11) is 0. The van der Waals surface area contributed by atoms with Crippen LogP contribution in [0.1, 0.15) is 29.2 Å². The molecule has 1 heterocycles. The molecule has 0 N–H and O–H groups in total. The second-order valence-corrected chi connectivity index (χ2v) is 3.99. The van der Waals surface area contributed by atoms with E-state index in [4.69, 9.17) is 0 Å². The Morgan fingerprint density at radius 1 is 1.64 bits per heavy atom. The Labute approximate surface area is 71.6 Å². The molecule has 1 heteroatoms. The average Bonchev–Trinajstić information content (AvgIpc) is 2.50. The van der Waals surface area contributed by atoms with Gasteiger partial charge in [0.05, 0.1) is 0 Å². The van der Waals surface area contributed by atoms with Gasteiger partial charge in [-0.1, -0.05) is 6.08 Å². The molecule has 0 fully saturated rings. The molecule has 1 aliphatic rings. The Balaban J connectivity index is 2.39. The smallest absolute Gasteiger partial charge is 0.0146 e. The number of aryl methyl sites for hydroxylation is 1. The Morgan fingerprint density at radius 2 is 2.55 bits per heavy atom. The van der Waals surface area contributed by atoms with Gasteiger partial charge in [-0.3, -0.25) is 0 Å². The van der Waals surface area contributed by atoms with Gasteiger partial charge in [0.25, 0.3) is 0 Å². The van der Waals surface area contributed by atoms with E-state index in [0.29, 0.717) is 5.92 Å². The second-order valence-electron chi connectivity index (χ2n) is 3.04. The van der Waals surface area contributed by atoms with Gasteiger partial charge in [-0.2, -0.15) is 0 Å². The van der Waals surface area contributed by atoms with Crippen LogP contribution in [0.25, 0.3) is 0 Å². The van der Waals surface area contributed by atoms with Crippen LogP contribution in [0.15, 0.2) is 24.1 Å². The number of rotatable bonds is 1. The first kappa shape index (κ1) is 7.11. The predicted molar refractivity (Wildman–Crippen MR) is 50.2 cm³/mol. The van der Waals surface area contributed by atoms with Crippen LogP contribution >= 0.6 is 11.3 Å². The van der Waals surface area contributed by atoms with Crippen molar-refractivity contribution in [1.29, 1.82) is 0 Å². The summed E-state index contributed by atoms with van der Waals surface area (Å²) in [5.74, 6) is 0.652. The van der Waals surface area contributed by atoms with E-state index in [9.17, 15) is 0 Å². The fraction of sp³-hybridized carbons (Fsp3) is 0.400. The topological polar surface area (TPSA) is 0 Å². The van der Waals surface area contributed by atoms with Gasteiger partial charge in [-0.25, -0.2) is 0 Å². The number of allylic oxidation sites excluding steroid dienone is 1. The van der Waals surface area contributed by atoms with Crippen LogP contribution in [0.5, 0.6) is 0 Å². The van der Waals surface area contributed by atoms with Gasteiger partial charge in [0, 0.05) is 10.8 Å². The summed E-state index contributed by atoms with van der Waals surface area (Å²) in [5.41, 5.74) is 1.56. The number of fused-ring (bicyclic) bond motifs is 1. The number of hydrogen-bond acceptors (Lipinski definition) is 1. The summed E-state index contributed by atoms with van der Waals surface area (Å²) in [4.78, 5) is 1.56. The summed E-state index contributed by atoms with van der Waals surface area (Å²) in [6.45, 7) is 3.87. The predicted octanol–water partition coefficient (Wildman–Crippen LogP) is 3.35. The van der Waals surface area contributed by atoms with Gasteiger partial charge in [0.1, 0.15) is 0 Å². The first-order chi connectivity index (χ1) is 5.42. The molecule has 0 radical (unpaired) electrons. The molecule has 0 bridgehead atoms. The molecule has 1 aromatic heterocycles. The summed E-state index contributed by atoms with van der Waals surface area (Å²) >= 11 is 1.89. The van der Waals surface area contributed by atoms with E-state index < -0.39 is 0 Å². The average molecular weight is 164 g/mol. The Kier molecular flexibility index (Phi) is 1.82. The lowest BCUT2D eigenvalue weighted by atomic mass is 9.90. The molecular weight excluding hydrogens is 152 g/mol. The lowest BCUT2D eigenvalue weighted by Crippen LogP contribution is -2.03. The van der Waals surface area contributed by atoms with E-state index in [2.05, 4.69) is 24.1 Å². The molecule has 2 rings (SSSR count). The highest BCUT2D eigenvalue weighted by Gasteiger charge is 2.17. The van der Waals surface area contributed by atoms with Crippen LogP contribution in [0.3, 0.4) is 0 Å². The Morgan fingerprint density at radius 3 is 3.36 bits per heavy atom. The van der Waals surface area contributed by atoms with Crippen molar-refractivity contribution in [2.75, 3.05) is 0 Å². The van der Waals surface area contributed by atoms with Crippen LogP contribution in [0, 0.1) is 0 Å². The van der Waals surface area contributed by atoms with Gasteiger partial charge in [-0.15, -0.1) is 17.9 Å². The summed E-state index contributed by atoms with van der Waals surface area (Å²) in [5, 5.41) is 2.20. The molecule has 1 atom stereocenters. The van der Waals surface area contributed by atoms with E-state index >= 15 is 0 Å². The molecule has 0 saturated carbocycles. The molecule has 1 aromatic rings. The van der Waals surface area contributed by atoms with Crippen molar-refractivity contribution in [3.05, 3.63) is 34.5 Å². The van der Waals surface area contributed by atoms with E-state index in [1.165, 1.54) is 19.3 Å². The second kappa shape index (κ2) is 2.82. The molecule has 11 heavy (non-hydrogen) atoms.